The van der Waals surface area contributed by atoms with E-state index >= 15 is 0 Å². The fourth-order valence-electron chi connectivity index (χ4n) is 6.49. The Kier molecular flexibility index (Phi) is 11.6. The summed E-state index contributed by atoms with van der Waals surface area (Å²) in [4.78, 5) is 60.3. The Morgan fingerprint density at radius 2 is 1.48 bits per heavy atom. The summed E-state index contributed by atoms with van der Waals surface area (Å²) < 4.78 is 12.9. The number of carbonyl (C=O) groups is 4. The Hall–Kier alpha value is -4.71. The van der Waals surface area contributed by atoms with Gasteiger partial charge in [-0.15, -0.1) is 0 Å². The molecule has 3 fully saturated rings. The van der Waals surface area contributed by atoms with E-state index in [4.69, 9.17) is 9.47 Å². The predicted molar refractivity (Wildman–Crippen MR) is 189 cm³/mol. The lowest BCUT2D eigenvalue weighted by Gasteiger charge is -2.29. The molecule has 3 heterocycles. The molecule has 6 rings (SSSR count). The van der Waals surface area contributed by atoms with Crippen LogP contribution in [0.5, 0.6) is 0 Å². The van der Waals surface area contributed by atoms with Gasteiger partial charge in [0.2, 0.25) is 11.8 Å². The molecular weight excluding hydrogens is 636 g/mol. The minimum Gasteiger partial charge on any atom is -0.444 e. The van der Waals surface area contributed by atoms with E-state index in [1.165, 1.54) is 13.8 Å². The van der Waals surface area contributed by atoms with Gasteiger partial charge in [0.25, 0.3) is 5.91 Å². The zero-order valence-corrected chi connectivity index (χ0v) is 29.7. The lowest BCUT2D eigenvalue weighted by molar-refractivity contribution is -0.134. The van der Waals surface area contributed by atoms with Crippen molar-refractivity contribution in [2.45, 2.75) is 90.1 Å². The number of aromatic nitrogens is 2. The molecule has 0 radical (unpaired) electrons. The number of hydrogen-bond donors (Lipinski definition) is 3. The van der Waals surface area contributed by atoms with Crippen LogP contribution in [0.25, 0.3) is 0 Å². The van der Waals surface area contributed by atoms with Crippen molar-refractivity contribution in [1.29, 1.82) is 0 Å². The number of imidazole rings is 1. The fraction of sp³-hybridized carbons (Fsp3) is 0.500. The van der Waals surface area contributed by atoms with Gasteiger partial charge in [-0.3, -0.25) is 14.4 Å². The summed E-state index contributed by atoms with van der Waals surface area (Å²) in [6.45, 7) is 9.77. The molecule has 4 amide bonds. The summed E-state index contributed by atoms with van der Waals surface area (Å²) in [5, 5.41) is 8.10. The van der Waals surface area contributed by atoms with Gasteiger partial charge in [0.1, 0.15) is 23.2 Å². The topological polar surface area (TPSA) is 144 Å². The first-order valence-electron chi connectivity index (χ1n) is 17.4. The molecule has 1 saturated carbocycles. The van der Waals surface area contributed by atoms with E-state index in [0.29, 0.717) is 11.8 Å². The predicted octanol–water partition coefficient (Wildman–Crippen LogP) is 5.06. The maximum atomic E-state index is 14.2. The second-order valence-corrected chi connectivity index (χ2v) is 14.9. The van der Waals surface area contributed by atoms with Gasteiger partial charge in [-0.05, 0) is 83.3 Å². The van der Waals surface area contributed by atoms with Crippen molar-refractivity contribution in [1.82, 2.24) is 25.1 Å². The summed E-state index contributed by atoms with van der Waals surface area (Å²) in [5.74, 6) is 0.0760. The maximum absolute atomic E-state index is 14.2. The van der Waals surface area contributed by atoms with Gasteiger partial charge in [-0.2, -0.15) is 0 Å². The Bertz CT molecular complexity index is 1600. The summed E-state index contributed by atoms with van der Waals surface area (Å²) >= 11 is 0. The van der Waals surface area contributed by atoms with Crippen LogP contribution in [0.3, 0.4) is 0 Å². The quantitative estimate of drug-likeness (QED) is 0.242. The number of carbonyl (C=O) groups excluding carboxylic acids is 4. The third-order valence-electron chi connectivity index (χ3n) is 9.13. The number of nitrogens with one attached hydrogen (secondary N) is 3. The van der Waals surface area contributed by atoms with E-state index in [1.807, 2.05) is 65.6 Å². The molecule has 2 unspecified atom stereocenters. The average molecular weight is 687 g/mol. The van der Waals surface area contributed by atoms with E-state index in [0.717, 1.165) is 49.9 Å². The van der Waals surface area contributed by atoms with Gasteiger partial charge >= 0.3 is 6.09 Å². The van der Waals surface area contributed by atoms with E-state index in [1.54, 1.807) is 37.9 Å². The Morgan fingerprint density at radius 3 is 2.08 bits per heavy atom. The van der Waals surface area contributed by atoms with Crippen LogP contribution in [-0.2, 0) is 30.5 Å². The first-order valence-corrected chi connectivity index (χ1v) is 17.4. The number of alkyl carbamates (subject to hydrolysis) is 1. The van der Waals surface area contributed by atoms with Crippen LogP contribution >= 0.6 is 0 Å². The lowest BCUT2D eigenvalue weighted by Crippen LogP contribution is -2.59. The molecule has 2 aromatic carbocycles. The zero-order chi connectivity index (χ0) is 35.9. The first-order chi connectivity index (χ1) is 23.8. The Balaban J connectivity index is 1.32. The highest BCUT2D eigenvalue weighted by Gasteiger charge is 2.37. The van der Waals surface area contributed by atoms with Crippen molar-refractivity contribution < 1.29 is 28.7 Å². The molecule has 1 aromatic heterocycles. The monoisotopic (exact) mass is 686 g/mol. The molecule has 12 nitrogen and oxygen atoms in total. The van der Waals surface area contributed by atoms with Gasteiger partial charge in [-0.25, -0.2) is 9.78 Å². The van der Waals surface area contributed by atoms with E-state index in [9.17, 15) is 19.2 Å². The highest BCUT2D eigenvalue weighted by atomic mass is 16.6. The molecule has 2 saturated heterocycles. The molecule has 2 bridgehead atoms. The average Bonchev–Trinajstić information content (AvgIpc) is 3.28. The summed E-state index contributed by atoms with van der Waals surface area (Å²) in [5.41, 5.74) is -0.455. The number of benzene rings is 2. The second kappa shape index (κ2) is 15.9. The summed E-state index contributed by atoms with van der Waals surface area (Å²) in [6.07, 6.45) is 7.06. The molecule has 50 heavy (non-hydrogen) atoms. The van der Waals surface area contributed by atoms with Crippen LogP contribution in [0, 0.1) is 11.8 Å². The number of hydrogen-bond acceptors (Lipinski definition) is 7. The SMILES string of the molecule is CC(C)(C)OC(=O)NC(C)(C)C(=O)NC(COCc1ccccc1)C(=O)Nc1cn(C(C(=O)N2CC3CCC(CC3)C2)c2ccccc2)cn1. The third-order valence-corrected chi connectivity index (χ3v) is 9.13. The van der Waals surface area contributed by atoms with Gasteiger partial charge < -0.3 is 34.9 Å². The van der Waals surface area contributed by atoms with Crippen LogP contribution in [0.1, 0.15) is 77.5 Å². The minimum absolute atomic E-state index is 0.00412. The van der Waals surface area contributed by atoms with Crippen molar-refractivity contribution in [3.8, 4) is 0 Å². The molecule has 2 atom stereocenters. The molecule has 12 heteroatoms. The standard InChI is InChI=1S/C38H50N6O6/c1-37(2,3)50-36(48)42-38(4,5)35(47)40-30(24-49-23-28-12-8-6-9-13-28)33(45)41-31-22-44(25-39-31)32(29-14-10-7-11-15-29)34(46)43-20-26-16-17-27(21-43)19-18-26/h6-15,22,25-27,30,32H,16-21,23-24H2,1-5H3,(H,40,47)(H,41,45)(H,42,48). The number of nitrogens with zero attached hydrogens (tertiary/aromatic N) is 3. The van der Waals surface area contributed by atoms with Gasteiger partial charge in [0, 0.05) is 19.3 Å². The highest BCUT2D eigenvalue weighted by Crippen LogP contribution is 2.35. The Morgan fingerprint density at radius 1 is 0.880 bits per heavy atom. The van der Waals surface area contributed by atoms with Gasteiger partial charge in [0.15, 0.2) is 5.82 Å². The normalized spacial score (nSPS) is 18.8. The molecule has 3 aliphatic rings. The van der Waals surface area contributed by atoms with Crippen LogP contribution in [0.15, 0.2) is 73.2 Å². The van der Waals surface area contributed by atoms with Gasteiger partial charge in [0.05, 0.1) is 19.5 Å². The van der Waals surface area contributed by atoms with E-state index in [2.05, 4.69) is 20.9 Å². The number of amides is 4. The molecule has 3 N–H and O–H groups in total. The van der Waals surface area contributed by atoms with Crippen molar-refractivity contribution in [3.05, 3.63) is 84.3 Å². The molecule has 1 aliphatic carbocycles. The number of rotatable bonds is 12. The van der Waals surface area contributed by atoms with Crippen molar-refractivity contribution in [2.24, 2.45) is 11.8 Å². The van der Waals surface area contributed by atoms with Crippen molar-refractivity contribution >= 4 is 29.6 Å². The number of fused-ring (bicyclic) bond motifs is 4. The first kappa shape index (κ1) is 36.6. The van der Waals surface area contributed by atoms with Crippen LogP contribution in [0.2, 0.25) is 0 Å². The van der Waals surface area contributed by atoms with Crippen molar-refractivity contribution in [3.63, 3.8) is 0 Å². The minimum atomic E-state index is -1.42. The molecule has 3 aromatic rings. The molecule has 2 aliphatic heterocycles. The summed E-state index contributed by atoms with van der Waals surface area (Å²) in [7, 11) is 0. The third kappa shape index (κ3) is 9.93. The molecule has 268 valence electrons. The zero-order valence-electron chi connectivity index (χ0n) is 29.7. The van der Waals surface area contributed by atoms with Crippen LogP contribution in [-0.4, -0.2) is 75.1 Å². The number of anilines is 1. The largest absolute Gasteiger partial charge is 0.444 e. The number of ether oxygens (including phenoxy) is 2. The van der Waals surface area contributed by atoms with E-state index in [-0.39, 0.29) is 24.9 Å². The Labute approximate surface area is 294 Å². The van der Waals surface area contributed by atoms with Crippen molar-refractivity contribution in [2.75, 3.05) is 25.0 Å². The lowest BCUT2D eigenvalue weighted by atomic mass is 9.84. The molecule has 0 spiro atoms. The van der Waals surface area contributed by atoms with Crippen LogP contribution in [0.4, 0.5) is 10.6 Å². The van der Waals surface area contributed by atoms with Crippen LogP contribution < -0.4 is 16.0 Å². The fourth-order valence-corrected chi connectivity index (χ4v) is 6.49. The molecular formula is C38H50N6O6. The maximum Gasteiger partial charge on any atom is 0.408 e. The summed E-state index contributed by atoms with van der Waals surface area (Å²) in [6, 6.07) is 17.2. The van der Waals surface area contributed by atoms with Gasteiger partial charge in [-0.1, -0.05) is 60.7 Å². The highest BCUT2D eigenvalue weighted by molar-refractivity contribution is 5.98. The smallest absolute Gasteiger partial charge is 0.408 e. The van der Waals surface area contributed by atoms with E-state index < -0.39 is 41.1 Å². The second-order valence-electron chi connectivity index (χ2n) is 14.9.